The number of para-hydroxylation sites is 1. The van der Waals surface area contributed by atoms with Crippen molar-refractivity contribution in [1.82, 2.24) is 0 Å². The highest BCUT2D eigenvalue weighted by Crippen LogP contribution is 2.39. The molecule has 17 heavy (non-hydrogen) atoms. The minimum Gasteiger partial charge on any atom is -0.261 e. The quantitative estimate of drug-likeness (QED) is 0.603. The normalized spacial score (nSPS) is 13.4. The molecule has 1 aromatic carbocycles. The molecule has 0 heterocycles. The van der Waals surface area contributed by atoms with E-state index < -0.39 is 0 Å². The van der Waals surface area contributed by atoms with Gasteiger partial charge in [0.25, 0.3) is 0 Å². The Bertz CT molecular complexity index is 382. The lowest BCUT2D eigenvalue weighted by Crippen LogP contribution is -2.16. The molecule has 0 saturated heterocycles. The van der Waals surface area contributed by atoms with Crippen LogP contribution in [0.5, 0.6) is 0 Å². The second-order valence-corrected chi connectivity index (χ2v) is 6.59. The van der Waals surface area contributed by atoms with E-state index in [2.05, 4.69) is 64.7 Å². The van der Waals surface area contributed by atoms with Gasteiger partial charge in [-0.25, -0.2) is 0 Å². The van der Waals surface area contributed by atoms with E-state index >= 15 is 0 Å². The fourth-order valence-corrected chi connectivity index (χ4v) is 2.02. The van der Waals surface area contributed by atoms with E-state index in [-0.39, 0.29) is 10.8 Å². The van der Waals surface area contributed by atoms with Crippen LogP contribution in [0.4, 0.5) is 5.69 Å². The van der Waals surface area contributed by atoms with Crippen LogP contribution in [0.2, 0.25) is 0 Å². The summed E-state index contributed by atoms with van der Waals surface area (Å²) in [6.45, 7) is 15.4. The first kappa shape index (κ1) is 14.0. The van der Waals surface area contributed by atoms with Gasteiger partial charge in [0.1, 0.15) is 0 Å². The number of benzene rings is 1. The molecule has 0 bridgehead atoms. The lowest BCUT2D eigenvalue weighted by Gasteiger charge is -2.27. The first-order valence-electron chi connectivity index (χ1n) is 6.30. The molecule has 0 amide bonds. The summed E-state index contributed by atoms with van der Waals surface area (Å²) >= 11 is 0. The number of hydrogen-bond acceptors (Lipinski definition) is 1. The standard InChI is InChI=1S/C16H25N/c1-8-17-14-12(15(2,3)4)10-9-11-13(14)16(5,6)7/h8-11H,1-7H3. The van der Waals surface area contributed by atoms with Gasteiger partial charge < -0.3 is 0 Å². The zero-order chi connectivity index (χ0) is 13.3. The predicted octanol–water partition coefficient (Wildman–Crippen LogP) is 5.00. The minimum absolute atomic E-state index is 0.128. The third kappa shape index (κ3) is 3.18. The third-order valence-electron chi connectivity index (χ3n) is 2.91. The molecule has 0 atom stereocenters. The van der Waals surface area contributed by atoms with Crippen LogP contribution in [0.1, 0.15) is 59.6 Å². The van der Waals surface area contributed by atoms with Crippen LogP contribution in [-0.4, -0.2) is 6.21 Å². The molecule has 0 radical (unpaired) electrons. The molecule has 0 saturated carbocycles. The molecule has 0 N–H and O–H groups in total. The van der Waals surface area contributed by atoms with Gasteiger partial charge in [-0.3, -0.25) is 4.99 Å². The number of hydrogen-bond donors (Lipinski definition) is 0. The fraction of sp³-hybridized carbons (Fsp3) is 0.562. The van der Waals surface area contributed by atoms with Crippen LogP contribution in [0.15, 0.2) is 23.2 Å². The summed E-state index contributed by atoms with van der Waals surface area (Å²) in [5.74, 6) is 0. The summed E-state index contributed by atoms with van der Waals surface area (Å²) in [7, 11) is 0. The second-order valence-electron chi connectivity index (χ2n) is 6.59. The van der Waals surface area contributed by atoms with E-state index in [1.165, 1.54) is 11.1 Å². The van der Waals surface area contributed by atoms with Crippen molar-refractivity contribution in [3.05, 3.63) is 29.3 Å². The molecule has 0 aromatic heterocycles. The first-order valence-corrected chi connectivity index (χ1v) is 6.30. The number of aliphatic imine (C=N–C) groups is 1. The van der Waals surface area contributed by atoms with Crippen LogP contribution >= 0.6 is 0 Å². The average Bonchev–Trinajstić information content (AvgIpc) is 2.15. The van der Waals surface area contributed by atoms with Crippen molar-refractivity contribution in [2.75, 3.05) is 0 Å². The summed E-state index contributed by atoms with van der Waals surface area (Å²) in [6.07, 6.45) is 1.89. The van der Waals surface area contributed by atoms with Gasteiger partial charge in [0.05, 0.1) is 5.69 Å². The minimum atomic E-state index is 0.128. The number of nitrogens with zero attached hydrogens (tertiary/aromatic N) is 1. The molecular formula is C16H25N. The van der Waals surface area contributed by atoms with E-state index in [0.29, 0.717) is 0 Å². The summed E-state index contributed by atoms with van der Waals surface area (Å²) in [5.41, 5.74) is 4.05. The molecule has 1 heteroatoms. The zero-order valence-electron chi connectivity index (χ0n) is 12.3. The third-order valence-corrected chi connectivity index (χ3v) is 2.91. The van der Waals surface area contributed by atoms with Gasteiger partial charge in [0, 0.05) is 6.21 Å². The van der Waals surface area contributed by atoms with Gasteiger partial charge >= 0.3 is 0 Å². The van der Waals surface area contributed by atoms with E-state index in [1.807, 2.05) is 13.1 Å². The van der Waals surface area contributed by atoms with Crippen LogP contribution in [0.25, 0.3) is 0 Å². The average molecular weight is 231 g/mol. The molecule has 0 aliphatic rings. The first-order chi connectivity index (χ1) is 7.68. The van der Waals surface area contributed by atoms with Crippen LogP contribution < -0.4 is 0 Å². The van der Waals surface area contributed by atoms with Crippen molar-refractivity contribution in [1.29, 1.82) is 0 Å². The SMILES string of the molecule is CC=Nc1c(C(C)(C)C)cccc1C(C)(C)C. The van der Waals surface area contributed by atoms with E-state index in [1.54, 1.807) is 0 Å². The van der Waals surface area contributed by atoms with Crippen LogP contribution in [0, 0.1) is 0 Å². The monoisotopic (exact) mass is 231 g/mol. The van der Waals surface area contributed by atoms with Crippen molar-refractivity contribution in [2.24, 2.45) is 4.99 Å². The van der Waals surface area contributed by atoms with Crippen molar-refractivity contribution in [3.63, 3.8) is 0 Å². The maximum atomic E-state index is 4.61. The predicted molar refractivity (Wildman–Crippen MR) is 77.7 cm³/mol. The fourth-order valence-electron chi connectivity index (χ4n) is 2.02. The van der Waals surface area contributed by atoms with Gasteiger partial charge in [-0.05, 0) is 28.9 Å². The lowest BCUT2D eigenvalue weighted by molar-refractivity contribution is 0.571. The molecule has 0 fully saturated rings. The summed E-state index contributed by atoms with van der Waals surface area (Å²) in [4.78, 5) is 4.61. The molecule has 0 spiro atoms. The van der Waals surface area contributed by atoms with E-state index in [9.17, 15) is 0 Å². The topological polar surface area (TPSA) is 12.4 Å². The molecule has 0 aliphatic carbocycles. The van der Waals surface area contributed by atoms with Crippen LogP contribution in [0.3, 0.4) is 0 Å². The summed E-state index contributed by atoms with van der Waals surface area (Å²) in [5, 5.41) is 0. The van der Waals surface area contributed by atoms with Gasteiger partial charge in [0.2, 0.25) is 0 Å². The molecule has 0 aliphatic heterocycles. The highest BCUT2D eigenvalue weighted by molar-refractivity contribution is 5.67. The molecule has 94 valence electrons. The van der Waals surface area contributed by atoms with E-state index in [0.717, 1.165) is 5.69 Å². The summed E-state index contributed by atoms with van der Waals surface area (Å²) in [6, 6.07) is 6.53. The molecule has 1 nitrogen and oxygen atoms in total. The molecule has 0 unspecified atom stereocenters. The Morgan fingerprint density at radius 1 is 0.882 bits per heavy atom. The summed E-state index contributed by atoms with van der Waals surface area (Å²) < 4.78 is 0. The molecule has 1 aromatic rings. The highest BCUT2D eigenvalue weighted by atomic mass is 14.7. The maximum Gasteiger partial charge on any atom is 0.0700 e. The highest BCUT2D eigenvalue weighted by Gasteiger charge is 2.24. The Morgan fingerprint density at radius 3 is 1.59 bits per heavy atom. The Labute approximate surface area is 106 Å². The molecule has 1 rings (SSSR count). The van der Waals surface area contributed by atoms with Gasteiger partial charge in [-0.1, -0.05) is 59.7 Å². The van der Waals surface area contributed by atoms with Crippen molar-refractivity contribution < 1.29 is 0 Å². The Balaban J connectivity index is 3.54. The zero-order valence-corrected chi connectivity index (χ0v) is 12.3. The Hall–Kier alpha value is -1.11. The van der Waals surface area contributed by atoms with Gasteiger partial charge in [-0.2, -0.15) is 0 Å². The van der Waals surface area contributed by atoms with Crippen molar-refractivity contribution >= 4 is 11.9 Å². The maximum absolute atomic E-state index is 4.61. The second kappa shape index (κ2) is 4.64. The lowest BCUT2D eigenvalue weighted by atomic mass is 9.79. The smallest absolute Gasteiger partial charge is 0.0700 e. The van der Waals surface area contributed by atoms with Gasteiger partial charge in [-0.15, -0.1) is 0 Å². The molecular weight excluding hydrogens is 206 g/mol. The van der Waals surface area contributed by atoms with E-state index in [4.69, 9.17) is 0 Å². The van der Waals surface area contributed by atoms with Crippen LogP contribution in [-0.2, 0) is 10.8 Å². The van der Waals surface area contributed by atoms with Crippen molar-refractivity contribution in [3.8, 4) is 0 Å². The Kier molecular flexibility index (Phi) is 3.81. The Morgan fingerprint density at radius 2 is 1.29 bits per heavy atom. The van der Waals surface area contributed by atoms with Gasteiger partial charge in [0.15, 0.2) is 0 Å². The van der Waals surface area contributed by atoms with Crippen molar-refractivity contribution in [2.45, 2.75) is 59.3 Å². The number of rotatable bonds is 1. The largest absolute Gasteiger partial charge is 0.261 e.